The van der Waals surface area contributed by atoms with E-state index >= 15 is 0 Å². The van der Waals surface area contributed by atoms with Gasteiger partial charge in [0.25, 0.3) is 5.69 Å². The number of amides is 1. The average molecular weight is 235 g/mol. The van der Waals surface area contributed by atoms with Crippen LogP contribution in [0.4, 0.5) is 11.4 Å². The molecule has 0 unspecified atom stereocenters. The van der Waals surface area contributed by atoms with Crippen LogP contribution in [0, 0.1) is 10.1 Å². The predicted octanol–water partition coefficient (Wildman–Crippen LogP) is 0.878. The molecular weight excluding hydrogens is 226 g/mol. The summed E-state index contributed by atoms with van der Waals surface area (Å²) < 4.78 is 5.39. The second kappa shape index (κ2) is 3.41. The van der Waals surface area contributed by atoms with Crippen LogP contribution < -0.4 is 9.64 Å². The number of anilines is 1. The summed E-state index contributed by atoms with van der Waals surface area (Å²) in [7, 11) is 0. The van der Waals surface area contributed by atoms with Gasteiger partial charge in [0.05, 0.1) is 11.0 Å². The summed E-state index contributed by atoms with van der Waals surface area (Å²) in [5, 5.41) is 10.7. The third-order valence-corrected chi connectivity index (χ3v) is 3.03. The number of rotatable bonds is 1. The number of nitro groups is 1. The standard InChI is InChI=1S/C10H9N3O4/c14-9-2-1-6-5-17-10-8(12(6)9)3-7(4-11-10)13(15)16/h3-4,6H,1-2,5H2/t6-/m0/s1. The largest absolute Gasteiger partial charge is 0.474 e. The van der Waals surface area contributed by atoms with E-state index in [1.54, 1.807) is 4.90 Å². The minimum absolute atomic E-state index is 0.0150. The molecule has 0 N–H and O–H groups in total. The first-order valence-electron chi connectivity index (χ1n) is 5.26. The van der Waals surface area contributed by atoms with E-state index in [9.17, 15) is 14.9 Å². The van der Waals surface area contributed by atoms with Crippen LogP contribution in [0.1, 0.15) is 12.8 Å². The maximum Gasteiger partial charge on any atom is 0.289 e. The molecule has 7 heteroatoms. The lowest BCUT2D eigenvalue weighted by Gasteiger charge is -2.30. The lowest BCUT2D eigenvalue weighted by atomic mass is 10.2. The average Bonchev–Trinajstić information content (AvgIpc) is 2.70. The van der Waals surface area contributed by atoms with Crippen LogP contribution in [0.3, 0.4) is 0 Å². The Morgan fingerprint density at radius 3 is 3.18 bits per heavy atom. The molecule has 0 aromatic carbocycles. The molecular formula is C10H9N3O4. The van der Waals surface area contributed by atoms with E-state index in [0.29, 0.717) is 24.6 Å². The number of carbonyl (C=O) groups excluding carboxylic acids is 1. The maximum absolute atomic E-state index is 11.7. The van der Waals surface area contributed by atoms with E-state index in [4.69, 9.17) is 4.74 Å². The summed E-state index contributed by atoms with van der Waals surface area (Å²) in [5.41, 5.74) is 0.283. The molecule has 3 rings (SSSR count). The molecule has 0 saturated carbocycles. The monoisotopic (exact) mass is 235 g/mol. The van der Waals surface area contributed by atoms with Crippen molar-refractivity contribution >= 4 is 17.3 Å². The second-order valence-electron chi connectivity index (χ2n) is 4.04. The van der Waals surface area contributed by atoms with Crippen LogP contribution in [0.15, 0.2) is 12.3 Å². The zero-order valence-corrected chi connectivity index (χ0v) is 8.83. The van der Waals surface area contributed by atoms with Gasteiger partial charge in [0.1, 0.15) is 18.5 Å². The Kier molecular flexibility index (Phi) is 2.01. The van der Waals surface area contributed by atoms with Gasteiger partial charge >= 0.3 is 0 Å². The van der Waals surface area contributed by atoms with Gasteiger partial charge in [-0.15, -0.1) is 0 Å². The quantitative estimate of drug-likeness (QED) is 0.532. The van der Waals surface area contributed by atoms with Crippen LogP contribution in [-0.2, 0) is 4.79 Å². The number of ether oxygens (including phenoxy) is 1. The van der Waals surface area contributed by atoms with E-state index in [1.807, 2.05) is 0 Å². The summed E-state index contributed by atoms with van der Waals surface area (Å²) in [5.74, 6) is 0.268. The Morgan fingerprint density at radius 2 is 2.41 bits per heavy atom. The molecule has 3 heterocycles. The van der Waals surface area contributed by atoms with Gasteiger partial charge in [-0.3, -0.25) is 14.9 Å². The van der Waals surface area contributed by atoms with Crippen LogP contribution in [0.25, 0.3) is 0 Å². The molecule has 0 aliphatic carbocycles. The van der Waals surface area contributed by atoms with Gasteiger partial charge in [-0.1, -0.05) is 0 Å². The fraction of sp³-hybridized carbons (Fsp3) is 0.400. The van der Waals surface area contributed by atoms with E-state index in [-0.39, 0.29) is 17.6 Å². The number of aromatic nitrogens is 1. The number of hydrogen-bond acceptors (Lipinski definition) is 5. The number of carbonyl (C=O) groups is 1. The predicted molar refractivity (Wildman–Crippen MR) is 56.9 cm³/mol. The molecule has 0 radical (unpaired) electrons. The molecule has 1 aromatic rings. The molecule has 1 aromatic heterocycles. The maximum atomic E-state index is 11.7. The highest BCUT2D eigenvalue weighted by Crippen LogP contribution is 2.38. The van der Waals surface area contributed by atoms with Gasteiger partial charge in [0, 0.05) is 12.5 Å². The van der Waals surface area contributed by atoms with Crippen molar-refractivity contribution in [1.29, 1.82) is 0 Å². The molecule has 7 nitrogen and oxygen atoms in total. The number of fused-ring (bicyclic) bond motifs is 3. The Morgan fingerprint density at radius 1 is 1.59 bits per heavy atom. The van der Waals surface area contributed by atoms with Gasteiger partial charge in [-0.2, -0.15) is 0 Å². The molecule has 1 amide bonds. The molecule has 1 fully saturated rings. The van der Waals surface area contributed by atoms with E-state index in [2.05, 4.69) is 4.98 Å². The SMILES string of the molecule is O=C1CC[C@H]2COc3ncc([N+](=O)[O-])cc3N12. The molecule has 0 bridgehead atoms. The van der Waals surface area contributed by atoms with Crippen molar-refractivity contribution in [2.75, 3.05) is 11.5 Å². The van der Waals surface area contributed by atoms with Crippen molar-refractivity contribution in [2.45, 2.75) is 18.9 Å². The van der Waals surface area contributed by atoms with Gasteiger partial charge in [-0.05, 0) is 6.42 Å². The summed E-state index contributed by atoms with van der Waals surface area (Å²) >= 11 is 0. The lowest BCUT2D eigenvalue weighted by molar-refractivity contribution is -0.385. The zero-order valence-electron chi connectivity index (χ0n) is 8.83. The molecule has 2 aliphatic rings. The molecule has 1 atom stereocenters. The highest BCUT2D eigenvalue weighted by molar-refractivity contribution is 5.98. The van der Waals surface area contributed by atoms with Gasteiger partial charge in [0.2, 0.25) is 11.8 Å². The Bertz CT molecular complexity index is 516. The topological polar surface area (TPSA) is 85.6 Å². The summed E-state index contributed by atoms with van der Waals surface area (Å²) in [6, 6.07) is 1.33. The van der Waals surface area contributed by atoms with Crippen molar-refractivity contribution in [2.24, 2.45) is 0 Å². The Labute approximate surface area is 96.2 Å². The first kappa shape index (κ1) is 10.0. The third-order valence-electron chi connectivity index (χ3n) is 3.03. The summed E-state index contributed by atoms with van der Waals surface area (Å²) in [4.78, 5) is 27.3. The van der Waals surface area contributed by atoms with Crippen molar-refractivity contribution in [1.82, 2.24) is 4.98 Å². The van der Waals surface area contributed by atoms with E-state index in [1.165, 1.54) is 6.07 Å². The van der Waals surface area contributed by atoms with Crippen LogP contribution in [-0.4, -0.2) is 28.5 Å². The highest BCUT2D eigenvalue weighted by Gasteiger charge is 2.38. The van der Waals surface area contributed by atoms with Crippen molar-refractivity contribution in [3.8, 4) is 5.88 Å². The van der Waals surface area contributed by atoms with Gasteiger partial charge < -0.3 is 9.64 Å². The van der Waals surface area contributed by atoms with Crippen LogP contribution in [0.2, 0.25) is 0 Å². The van der Waals surface area contributed by atoms with E-state index < -0.39 is 4.92 Å². The number of pyridine rings is 1. The minimum atomic E-state index is -0.530. The first-order valence-corrected chi connectivity index (χ1v) is 5.26. The fourth-order valence-electron chi connectivity index (χ4n) is 2.22. The zero-order chi connectivity index (χ0) is 12.0. The Hall–Kier alpha value is -2.18. The minimum Gasteiger partial charge on any atom is -0.474 e. The fourth-order valence-corrected chi connectivity index (χ4v) is 2.22. The van der Waals surface area contributed by atoms with Crippen molar-refractivity contribution < 1.29 is 14.5 Å². The second-order valence-corrected chi connectivity index (χ2v) is 4.04. The smallest absolute Gasteiger partial charge is 0.289 e. The number of hydrogen-bond donors (Lipinski definition) is 0. The van der Waals surface area contributed by atoms with E-state index in [0.717, 1.165) is 12.6 Å². The normalized spacial score (nSPS) is 21.8. The number of nitrogens with zero attached hydrogens (tertiary/aromatic N) is 3. The van der Waals surface area contributed by atoms with Crippen molar-refractivity contribution in [3.05, 3.63) is 22.4 Å². The van der Waals surface area contributed by atoms with Crippen LogP contribution in [0.5, 0.6) is 5.88 Å². The Balaban J connectivity index is 2.10. The van der Waals surface area contributed by atoms with Crippen LogP contribution >= 0.6 is 0 Å². The molecule has 2 aliphatic heterocycles. The molecule has 17 heavy (non-hydrogen) atoms. The molecule has 0 spiro atoms. The van der Waals surface area contributed by atoms with Gasteiger partial charge in [-0.25, -0.2) is 4.98 Å². The van der Waals surface area contributed by atoms with Crippen molar-refractivity contribution in [3.63, 3.8) is 0 Å². The lowest BCUT2D eigenvalue weighted by Crippen LogP contribution is -2.40. The summed E-state index contributed by atoms with van der Waals surface area (Å²) in [6.07, 6.45) is 2.32. The third kappa shape index (κ3) is 1.42. The highest BCUT2D eigenvalue weighted by atomic mass is 16.6. The first-order chi connectivity index (χ1) is 8.16. The molecule has 88 valence electrons. The summed E-state index contributed by atoms with van der Waals surface area (Å²) in [6.45, 7) is 0.406. The van der Waals surface area contributed by atoms with Gasteiger partial charge in [0.15, 0.2) is 0 Å². The molecule has 1 saturated heterocycles.